The molecule has 2 N–H and O–H groups in total. The summed E-state index contributed by atoms with van der Waals surface area (Å²) in [5.74, 6) is 0.176. The van der Waals surface area contributed by atoms with Gasteiger partial charge in [0.15, 0.2) is 0 Å². The number of allylic oxidation sites excluding steroid dienone is 1. The molecule has 168 valence electrons. The minimum atomic E-state index is 0.0533. The largest absolute Gasteiger partial charge is 0.506 e. The molecule has 2 heterocycles. The summed E-state index contributed by atoms with van der Waals surface area (Å²) in [6, 6.07) is 10.5. The number of phenols is 1. The van der Waals surface area contributed by atoms with Crippen LogP contribution in [0, 0.1) is 6.92 Å². The zero-order chi connectivity index (χ0) is 22.2. The summed E-state index contributed by atoms with van der Waals surface area (Å²) in [7, 11) is 0. The van der Waals surface area contributed by atoms with Crippen molar-refractivity contribution in [2.75, 3.05) is 6.54 Å². The Kier molecular flexibility index (Phi) is 5.90. The van der Waals surface area contributed by atoms with Crippen LogP contribution in [0.4, 0.5) is 0 Å². The zero-order valence-electron chi connectivity index (χ0n) is 18.7. The number of aromatic hydroxyl groups is 1. The molecule has 3 aliphatic rings. The Bertz CT molecular complexity index is 1070. The topological polar surface area (TPSA) is 52.6 Å². The number of aryl methyl sites for hydroxylation is 1. The lowest BCUT2D eigenvalue weighted by Gasteiger charge is -2.30. The molecular weight excluding hydrogens is 420 g/mol. The number of halogens is 1. The lowest BCUT2D eigenvalue weighted by Crippen LogP contribution is -2.36. The number of hydrogen-bond donors (Lipinski definition) is 2. The Hall–Kier alpha value is -2.46. The maximum absolute atomic E-state index is 12.9. The van der Waals surface area contributed by atoms with Gasteiger partial charge in [0.25, 0.3) is 5.91 Å². The number of nitrogens with zero attached hydrogens (tertiary/aromatic N) is 1. The van der Waals surface area contributed by atoms with Gasteiger partial charge in [0.2, 0.25) is 0 Å². The molecule has 1 saturated heterocycles. The molecule has 32 heavy (non-hydrogen) atoms. The van der Waals surface area contributed by atoms with E-state index in [1.165, 1.54) is 36.1 Å². The van der Waals surface area contributed by atoms with Crippen LogP contribution in [0.1, 0.15) is 83.6 Å². The van der Waals surface area contributed by atoms with Crippen molar-refractivity contribution < 1.29 is 9.90 Å². The number of fused-ring (bicyclic) bond motifs is 3. The number of rotatable bonds is 3. The van der Waals surface area contributed by atoms with Crippen molar-refractivity contribution in [1.29, 1.82) is 0 Å². The van der Waals surface area contributed by atoms with Crippen LogP contribution < -0.4 is 5.32 Å². The first-order valence-electron chi connectivity index (χ1n) is 11.9. The maximum Gasteiger partial charge on any atom is 0.251 e. The van der Waals surface area contributed by atoms with E-state index in [2.05, 4.69) is 28.4 Å². The van der Waals surface area contributed by atoms with Crippen LogP contribution in [0.15, 0.2) is 36.4 Å². The molecule has 5 heteroatoms. The molecule has 0 bridgehead atoms. The van der Waals surface area contributed by atoms with E-state index in [0.29, 0.717) is 17.1 Å². The molecule has 5 rings (SSSR count). The second-order valence-electron chi connectivity index (χ2n) is 9.49. The second-order valence-corrected chi connectivity index (χ2v) is 9.89. The molecule has 1 saturated carbocycles. The first-order chi connectivity index (χ1) is 15.5. The molecule has 2 aliphatic heterocycles. The van der Waals surface area contributed by atoms with Crippen LogP contribution in [0.25, 0.3) is 5.70 Å². The van der Waals surface area contributed by atoms with E-state index in [4.69, 9.17) is 11.6 Å². The molecule has 1 amide bonds. The Balaban J connectivity index is 1.46. The Morgan fingerprint density at radius 1 is 1.09 bits per heavy atom. The van der Waals surface area contributed by atoms with Gasteiger partial charge in [-0.15, -0.1) is 0 Å². The van der Waals surface area contributed by atoms with Gasteiger partial charge in [-0.1, -0.05) is 43.0 Å². The molecule has 1 atom stereocenters. The number of phenolic OH excluding ortho intramolecular Hbond substituents is 1. The van der Waals surface area contributed by atoms with Gasteiger partial charge in [0.1, 0.15) is 5.75 Å². The van der Waals surface area contributed by atoms with Crippen molar-refractivity contribution >= 4 is 23.2 Å². The molecule has 2 fully saturated rings. The van der Waals surface area contributed by atoms with E-state index in [1.807, 2.05) is 19.1 Å². The minimum Gasteiger partial charge on any atom is -0.506 e. The van der Waals surface area contributed by atoms with Crippen molar-refractivity contribution in [3.8, 4) is 5.75 Å². The number of amides is 1. The Labute approximate surface area is 195 Å². The van der Waals surface area contributed by atoms with E-state index in [9.17, 15) is 9.90 Å². The van der Waals surface area contributed by atoms with Crippen LogP contribution in [0.5, 0.6) is 5.75 Å². The summed E-state index contributed by atoms with van der Waals surface area (Å²) in [4.78, 5) is 15.4. The van der Waals surface area contributed by atoms with Gasteiger partial charge in [-0.2, -0.15) is 0 Å². The van der Waals surface area contributed by atoms with E-state index < -0.39 is 0 Å². The average molecular weight is 451 g/mol. The van der Waals surface area contributed by atoms with Crippen LogP contribution in [-0.4, -0.2) is 28.5 Å². The SMILES string of the molecule is Cc1cc(O)c(Cl)cc1C1=CCc2cc(C(=O)NC3CCCCC3)ccc2C2CCCN12. The normalized spacial score (nSPS) is 20.9. The predicted octanol–water partition coefficient (Wildman–Crippen LogP) is 6.15. The first kappa shape index (κ1) is 21.4. The zero-order valence-corrected chi connectivity index (χ0v) is 19.4. The lowest BCUT2D eigenvalue weighted by molar-refractivity contribution is 0.0927. The van der Waals surface area contributed by atoms with Gasteiger partial charge < -0.3 is 15.3 Å². The first-order valence-corrected chi connectivity index (χ1v) is 12.3. The molecule has 0 spiro atoms. The fourth-order valence-electron chi connectivity index (χ4n) is 5.67. The third-order valence-corrected chi connectivity index (χ3v) is 7.65. The highest BCUT2D eigenvalue weighted by molar-refractivity contribution is 6.32. The van der Waals surface area contributed by atoms with Crippen molar-refractivity contribution in [3.05, 3.63) is 69.2 Å². The highest BCUT2D eigenvalue weighted by atomic mass is 35.5. The summed E-state index contributed by atoms with van der Waals surface area (Å²) in [5, 5.41) is 13.6. The number of carbonyl (C=O) groups excluding carboxylic acids is 1. The fraction of sp³-hybridized carbons (Fsp3) is 0.444. The highest BCUT2D eigenvalue weighted by Crippen LogP contribution is 2.44. The van der Waals surface area contributed by atoms with Gasteiger partial charge in [-0.25, -0.2) is 0 Å². The van der Waals surface area contributed by atoms with Gasteiger partial charge in [0, 0.05) is 29.4 Å². The summed E-state index contributed by atoms with van der Waals surface area (Å²) >= 11 is 6.27. The third kappa shape index (κ3) is 4.01. The molecule has 0 aromatic heterocycles. The third-order valence-electron chi connectivity index (χ3n) is 7.35. The van der Waals surface area contributed by atoms with E-state index >= 15 is 0 Å². The van der Waals surface area contributed by atoms with Crippen LogP contribution in [-0.2, 0) is 6.42 Å². The quantitative estimate of drug-likeness (QED) is 0.589. The Morgan fingerprint density at radius 3 is 2.72 bits per heavy atom. The summed E-state index contributed by atoms with van der Waals surface area (Å²) in [5.41, 5.74) is 6.59. The Morgan fingerprint density at radius 2 is 1.91 bits per heavy atom. The van der Waals surface area contributed by atoms with Crippen molar-refractivity contribution in [2.24, 2.45) is 0 Å². The average Bonchev–Trinajstić information content (AvgIpc) is 3.21. The summed E-state index contributed by atoms with van der Waals surface area (Å²) in [6.07, 6.45) is 11.2. The highest BCUT2D eigenvalue weighted by Gasteiger charge is 2.32. The molecule has 4 nitrogen and oxygen atoms in total. The number of hydrogen-bond acceptors (Lipinski definition) is 3. The summed E-state index contributed by atoms with van der Waals surface area (Å²) < 4.78 is 0. The number of carbonyl (C=O) groups is 1. The molecule has 1 unspecified atom stereocenters. The van der Waals surface area contributed by atoms with Crippen molar-refractivity contribution in [1.82, 2.24) is 10.2 Å². The van der Waals surface area contributed by atoms with Crippen LogP contribution >= 0.6 is 11.6 Å². The molecule has 2 aromatic rings. The maximum atomic E-state index is 12.9. The van der Waals surface area contributed by atoms with Crippen molar-refractivity contribution in [3.63, 3.8) is 0 Å². The monoisotopic (exact) mass is 450 g/mol. The minimum absolute atomic E-state index is 0.0533. The molecule has 1 aliphatic carbocycles. The van der Waals surface area contributed by atoms with E-state index in [-0.39, 0.29) is 11.7 Å². The standard InChI is InChI=1S/C27H31ClN2O2/c1-17-14-26(31)23(28)16-22(17)25-12-10-18-15-19(27(32)29-20-6-3-2-4-7-20)9-11-21(18)24-8-5-13-30(24)25/h9,11-12,14-16,20,24,31H,2-8,10,13H2,1H3,(H,29,32). The molecule has 0 radical (unpaired) electrons. The van der Waals surface area contributed by atoms with E-state index in [0.717, 1.165) is 55.3 Å². The van der Waals surface area contributed by atoms with Crippen LogP contribution in [0.2, 0.25) is 5.02 Å². The van der Waals surface area contributed by atoms with E-state index in [1.54, 1.807) is 6.07 Å². The van der Waals surface area contributed by atoms with Crippen molar-refractivity contribution in [2.45, 2.75) is 70.4 Å². The lowest BCUT2D eigenvalue weighted by atomic mass is 9.93. The smallest absolute Gasteiger partial charge is 0.251 e. The van der Waals surface area contributed by atoms with Crippen LogP contribution in [0.3, 0.4) is 0 Å². The summed E-state index contributed by atoms with van der Waals surface area (Å²) in [6.45, 7) is 3.01. The predicted molar refractivity (Wildman–Crippen MR) is 129 cm³/mol. The number of nitrogens with one attached hydrogen (secondary N) is 1. The van der Waals surface area contributed by atoms with Gasteiger partial charge >= 0.3 is 0 Å². The van der Waals surface area contributed by atoms with Gasteiger partial charge in [-0.3, -0.25) is 4.79 Å². The second kappa shape index (κ2) is 8.82. The molecular formula is C27H31ClN2O2. The fourth-order valence-corrected chi connectivity index (χ4v) is 5.84. The van der Waals surface area contributed by atoms with Gasteiger partial charge in [0.05, 0.1) is 11.1 Å². The van der Waals surface area contributed by atoms with Gasteiger partial charge in [-0.05, 0) is 80.0 Å². The number of benzene rings is 2. The molecule has 2 aromatic carbocycles.